The first-order valence-corrected chi connectivity index (χ1v) is 7.84. The fourth-order valence-corrected chi connectivity index (χ4v) is 2.49. The van der Waals surface area contributed by atoms with Gasteiger partial charge in [0.1, 0.15) is 0 Å². The minimum Gasteiger partial charge on any atom is -0.321 e. The Balaban J connectivity index is 1.96. The lowest BCUT2D eigenvalue weighted by Crippen LogP contribution is -2.17. The fourth-order valence-electron chi connectivity index (χ4n) is 2.22. The minimum absolute atomic E-state index is 0.636. The van der Waals surface area contributed by atoms with E-state index in [0.29, 0.717) is 12.1 Å². The number of hydrogen-bond donors (Lipinski definition) is 0. The first-order valence-electron chi connectivity index (χ1n) is 7.04. The van der Waals surface area contributed by atoms with Gasteiger partial charge in [0.25, 0.3) is 0 Å². The first-order chi connectivity index (χ1) is 11.3. The summed E-state index contributed by atoms with van der Waals surface area (Å²) in [6, 6.07) is 17.8. The molecule has 3 rings (SSSR count). The van der Waals surface area contributed by atoms with E-state index in [4.69, 9.17) is 5.26 Å². The zero-order valence-corrected chi connectivity index (χ0v) is 13.8. The molecule has 4 nitrogen and oxygen atoms in total. The van der Waals surface area contributed by atoms with Crippen molar-refractivity contribution in [2.24, 2.45) is 0 Å². The molecule has 5 heteroatoms. The van der Waals surface area contributed by atoms with Gasteiger partial charge in [-0.05, 0) is 42.0 Å². The molecule has 0 saturated heterocycles. The summed E-state index contributed by atoms with van der Waals surface area (Å²) in [6.07, 6.45) is 5.06. The monoisotopic (exact) mass is 364 g/mol. The SMILES string of the molecule is N#Cc1ccc(N(Cc2ccc(Br)cc2)c2cnccn2)cc1. The van der Waals surface area contributed by atoms with Gasteiger partial charge >= 0.3 is 0 Å². The molecule has 3 aromatic rings. The second-order valence-corrected chi connectivity index (χ2v) is 5.85. The van der Waals surface area contributed by atoms with E-state index < -0.39 is 0 Å². The van der Waals surface area contributed by atoms with Crippen molar-refractivity contribution in [2.45, 2.75) is 6.54 Å². The van der Waals surface area contributed by atoms with Crippen LogP contribution in [0.1, 0.15) is 11.1 Å². The van der Waals surface area contributed by atoms with Crippen LogP contribution in [-0.4, -0.2) is 9.97 Å². The third kappa shape index (κ3) is 3.74. The molecule has 1 heterocycles. The van der Waals surface area contributed by atoms with Crippen LogP contribution in [0.25, 0.3) is 0 Å². The first kappa shape index (κ1) is 15.2. The molecule has 0 aliphatic carbocycles. The van der Waals surface area contributed by atoms with Crippen LogP contribution in [0.2, 0.25) is 0 Å². The smallest absolute Gasteiger partial charge is 0.151 e. The van der Waals surface area contributed by atoms with Crippen LogP contribution in [0.3, 0.4) is 0 Å². The Morgan fingerprint density at radius 1 is 1.00 bits per heavy atom. The maximum absolute atomic E-state index is 8.95. The molecular formula is C18H13BrN4. The van der Waals surface area contributed by atoms with E-state index in [2.05, 4.69) is 49.0 Å². The summed E-state index contributed by atoms with van der Waals surface area (Å²) in [5, 5.41) is 8.95. The van der Waals surface area contributed by atoms with E-state index in [9.17, 15) is 0 Å². The van der Waals surface area contributed by atoms with Crippen molar-refractivity contribution in [3.8, 4) is 6.07 Å². The topological polar surface area (TPSA) is 52.8 Å². The van der Waals surface area contributed by atoms with Crippen molar-refractivity contribution < 1.29 is 0 Å². The Kier molecular flexibility index (Phi) is 4.65. The average molecular weight is 365 g/mol. The standard InChI is InChI=1S/C18H13BrN4/c19-16-5-1-15(2-6-16)13-23(18-12-21-9-10-22-18)17-7-3-14(11-20)4-8-17/h1-10,12H,13H2. The Labute approximate surface area is 143 Å². The lowest BCUT2D eigenvalue weighted by atomic mass is 10.1. The number of rotatable bonds is 4. The third-order valence-corrected chi connectivity index (χ3v) is 3.92. The number of nitriles is 1. The van der Waals surface area contributed by atoms with Crippen molar-refractivity contribution in [1.82, 2.24) is 9.97 Å². The van der Waals surface area contributed by atoms with Crippen LogP contribution < -0.4 is 4.90 Å². The molecule has 0 unspecified atom stereocenters. The Hall–Kier alpha value is -2.71. The zero-order valence-electron chi connectivity index (χ0n) is 12.2. The number of nitrogens with zero attached hydrogens (tertiary/aromatic N) is 4. The Morgan fingerprint density at radius 3 is 2.35 bits per heavy atom. The van der Waals surface area contributed by atoms with Gasteiger partial charge in [-0.25, -0.2) is 4.98 Å². The highest BCUT2D eigenvalue weighted by Crippen LogP contribution is 2.26. The van der Waals surface area contributed by atoms with Crippen LogP contribution in [-0.2, 0) is 6.54 Å². The predicted octanol–water partition coefficient (Wildman–Crippen LogP) is 4.45. The van der Waals surface area contributed by atoms with Gasteiger partial charge in [0.05, 0.1) is 17.8 Å². The van der Waals surface area contributed by atoms with E-state index in [-0.39, 0.29) is 0 Å². The maximum atomic E-state index is 8.95. The molecule has 0 amide bonds. The Morgan fingerprint density at radius 2 is 1.74 bits per heavy atom. The molecule has 0 spiro atoms. The lowest BCUT2D eigenvalue weighted by Gasteiger charge is -2.23. The van der Waals surface area contributed by atoms with E-state index in [1.54, 1.807) is 30.7 Å². The molecule has 0 radical (unpaired) electrons. The van der Waals surface area contributed by atoms with E-state index >= 15 is 0 Å². The second-order valence-electron chi connectivity index (χ2n) is 4.93. The fraction of sp³-hybridized carbons (Fsp3) is 0.0556. The van der Waals surface area contributed by atoms with Gasteiger partial charge < -0.3 is 4.90 Å². The molecule has 0 saturated carbocycles. The molecule has 2 aromatic carbocycles. The number of anilines is 2. The van der Waals surface area contributed by atoms with Crippen LogP contribution in [0, 0.1) is 11.3 Å². The highest BCUT2D eigenvalue weighted by molar-refractivity contribution is 9.10. The molecule has 0 N–H and O–H groups in total. The van der Waals surface area contributed by atoms with Gasteiger partial charge in [-0.15, -0.1) is 0 Å². The number of hydrogen-bond acceptors (Lipinski definition) is 4. The molecule has 0 aliphatic heterocycles. The van der Waals surface area contributed by atoms with Crippen LogP contribution in [0.5, 0.6) is 0 Å². The van der Waals surface area contributed by atoms with Crippen molar-refractivity contribution in [3.63, 3.8) is 0 Å². The normalized spacial score (nSPS) is 10.1. The minimum atomic E-state index is 0.636. The number of halogens is 1. The molecular weight excluding hydrogens is 352 g/mol. The summed E-state index contributed by atoms with van der Waals surface area (Å²) in [4.78, 5) is 10.6. The largest absolute Gasteiger partial charge is 0.321 e. The van der Waals surface area contributed by atoms with Gasteiger partial charge in [-0.3, -0.25) is 4.98 Å². The maximum Gasteiger partial charge on any atom is 0.151 e. The molecule has 0 fully saturated rings. The molecule has 1 aromatic heterocycles. The van der Waals surface area contributed by atoms with Crippen molar-refractivity contribution in [2.75, 3.05) is 4.90 Å². The van der Waals surface area contributed by atoms with Gasteiger partial charge in [0.2, 0.25) is 0 Å². The Bertz CT molecular complexity index is 808. The molecule has 0 atom stereocenters. The summed E-state index contributed by atoms with van der Waals surface area (Å²) in [5.74, 6) is 0.764. The van der Waals surface area contributed by atoms with Crippen LogP contribution >= 0.6 is 15.9 Å². The van der Waals surface area contributed by atoms with E-state index in [0.717, 1.165) is 21.5 Å². The summed E-state index contributed by atoms with van der Waals surface area (Å²) in [6.45, 7) is 0.665. The van der Waals surface area contributed by atoms with Gasteiger partial charge in [-0.2, -0.15) is 5.26 Å². The zero-order chi connectivity index (χ0) is 16.1. The highest BCUT2D eigenvalue weighted by atomic mass is 79.9. The summed E-state index contributed by atoms with van der Waals surface area (Å²) in [5.41, 5.74) is 2.76. The molecule has 23 heavy (non-hydrogen) atoms. The summed E-state index contributed by atoms with van der Waals surface area (Å²) in [7, 11) is 0. The van der Waals surface area contributed by atoms with Gasteiger partial charge in [0.15, 0.2) is 5.82 Å². The van der Waals surface area contributed by atoms with E-state index in [1.165, 1.54) is 0 Å². The van der Waals surface area contributed by atoms with Crippen LogP contribution in [0.15, 0.2) is 71.6 Å². The summed E-state index contributed by atoms with van der Waals surface area (Å²) < 4.78 is 1.05. The van der Waals surface area contributed by atoms with Crippen molar-refractivity contribution in [3.05, 3.63) is 82.7 Å². The molecule has 0 bridgehead atoms. The van der Waals surface area contributed by atoms with Gasteiger partial charge in [0, 0.05) is 29.1 Å². The predicted molar refractivity (Wildman–Crippen MR) is 93.2 cm³/mol. The number of benzene rings is 2. The van der Waals surface area contributed by atoms with E-state index in [1.807, 2.05) is 24.3 Å². The molecule has 0 aliphatic rings. The quantitative estimate of drug-likeness (QED) is 0.686. The second kappa shape index (κ2) is 7.03. The average Bonchev–Trinajstić information content (AvgIpc) is 2.62. The summed E-state index contributed by atoms with van der Waals surface area (Å²) >= 11 is 3.45. The van der Waals surface area contributed by atoms with Crippen LogP contribution in [0.4, 0.5) is 11.5 Å². The van der Waals surface area contributed by atoms with Gasteiger partial charge in [-0.1, -0.05) is 28.1 Å². The van der Waals surface area contributed by atoms with Crippen molar-refractivity contribution in [1.29, 1.82) is 5.26 Å². The molecule has 112 valence electrons. The number of aromatic nitrogens is 2. The van der Waals surface area contributed by atoms with Crippen molar-refractivity contribution >= 4 is 27.4 Å². The highest BCUT2D eigenvalue weighted by Gasteiger charge is 2.11. The third-order valence-electron chi connectivity index (χ3n) is 3.39. The lowest BCUT2D eigenvalue weighted by molar-refractivity contribution is 0.937.